The number of amides is 1. The van der Waals surface area contributed by atoms with E-state index in [2.05, 4.69) is 10.1 Å². The highest BCUT2D eigenvalue weighted by Gasteiger charge is 2.33. The van der Waals surface area contributed by atoms with Gasteiger partial charge in [-0.15, -0.1) is 11.8 Å². The monoisotopic (exact) mass is 456 g/mol. The second kappa shape index (κ2) is 10.3. The van der Waals surface area contributed by atoms with Crippen molar-refractivity contribution >= 4 is 29.3 Å². The fraction of sp³-hybridized carbons (Fsp3) is 0.300. The minimum atomic E-state index is -4.72. The number of nitro benzene ring substituents is 1. The van der Waals surface area contributed by atoms with Gasteiger partial charge < -0.3 is 10.1 Å². The largest absolute Gasteiger partial charge is 0.469 e. The van der Waals surface area contributed by atoms with Crippen molar-refractivity contribution in [1.29, 1.82) is 0 Å². The van der Waals surface area contributed by atoms with Gasteiger partial charge in [-0.3, -0.25) is 19.7 Å². The summed E-state index contributed by atoms with van der Waals surface area (Å²) in [6.45, 7) is 1.88. The molecule has 1 unspecified atom stereocenters. The van der Waals surface area contributed by atoms with E-state index in [1.54, 1.807) is 12.1 Å². The van der Waals surface area contributed by atoms with Gasteiger partial charge in [0.2, 0.25) is 5.91 Å². The molecule has 0 spiro atoms. The third-order valence-corrected chi connectivity index (χ3v) is 5.32. The Bertz CT molecular complexity index is 964. The summed E-state index contributed by atoms with van der Waals surface area (Å²) in [6, 6.07) is 8.55. The van der Waals surface area contributed by atoms with Gasteiger partial charge in [-0.1, -0.05) is 29.8 Å². The van der Waals surface area contributed by atoms with Gasteiger partial charge in [-0.25, -0.2) is 0 Å². The summed E-state index contributed by atoms with van der Waals surface area (Å²) >= 11 is 0.730. The van der Waals surface area contributed by atoms with E-state index in [9.17, 15) is 32.9 Å². The molecule has 1 N–H and O–H groups in total. The van der Waals surface area contributed by atoms with Crippen molar-refractivity contribution in [3.8, 4) is 0 Å². The summed E-state index contributed by atoms with van der Waals surface area (Å²) in [5.41, 5.74) is -0.241. The standard InChI is InChI=1S/C20H19F3N2O5S/c1-12-3-5-13(6-4-12)15(10-19(27)30-2)24-18(26)11-31-17-8-7-14(20(21,22)23)9-16(17)25(28)29/h3-9,15H,10-11H2,1-2H3,(H,24,26). The number of thioether (sulfide) groups is 1. The average molecular weight is 456 g/mol. The highest BCUT2D eigenvalue weighted by Crippen LogP contribution is 2.36. The second-order valence-electron chi connectivity index (χ2n) is 6.54. The molecule has 0 radical (unpaired) electrons. The number of nitrogens with one attached hydrogen (secondary N) is 1. The molecule has 0 heterocycles. The van der Waals surface area contributed by atoms with Crippen molar-refractivity contribution in [2.75, 3.05) is 12.9 Å². The zero-order chi connectivity index (χ0) is 23.2. The lowest BCUT2D eigenvalue weighted by Gasteiger charge is -2.18. The van der Waals surface area contributed by atoms with Gasteiger partial charge in [0.25, 0.3) is 5.69 Å². The predicted octanol–water partition coefficient (Wildman–Crippen LogP) is 4.43. The van der Waals surface area contributed by atoms with Gasteiger partial charge in [0, 0.05) is 6.07 Å². The lowest BCUT2D eigenvalue weighted by molar-refractivity contribution is -0.388. The molecule has 0 aliphatic rings. The van der Waals surface area contributed by atoms with Crippen molar-refractivity contribution in [1.82, 2.24) is 5.32 Å². The molecule has 2 aromatic carbocycles. The Kier molecular flexibility index (Phi) is 8.03. The van der Waals surface area contributed by atoms with Crippen LogP contribution < -0.4 is 5.32 Å². The van der Waals surface area contributed by atoms with Crippen LogP contribution in [0.3, 0.4) is 0 Å². The number of hydrogen-bond acceptors (Lipinski definition) is 6. The summed E-state index contributed by atoms with van der Waals surface area (Å²) in [4.78, 5) is 34.3. The van der Waals surface area contributed by atoms with Crippen LogP contribution in [0.2, 0.25) is 0 Å². The Morgan fingerprint density at radius 1 is 1.19 bits per heavy atom. The average Bonchev–Trinajstić information content (AvgIpc) is 2.71. The van der Waals surface area contributed by atoms with Crippen molar-refractivity contribution in [3.05, 3.63) is 69.3 Å². The number of aryl methyl sites for hydroxylation is 1. The molecule has 7 nitrogen and oxygen atoms in total. The Balaban J connectivity index is 2.13. The second-order valence-corrected chi connectivity index (χ2v) is 7.55. The van der Waals surface area contributed by atoms with Gasteiger partial charge in [-0.05, 0) is 24.6 Å². The minimum absolute atomic E-state index is 0.0759. The van der Waals surface area contributed by atoms with Gasteiger partial charge >= 0.3 is 12.1 Å². The predicted molar refractivity (Wildman–Crippen MR) is 108 cm³/mol. The fourth-order valence-corrected chi connectivity index (χ4v) is 3.45. The lowest BCUT2D eigenvalue weighted by atomic mass is 10.0. The van der Waals surface area contributed by atoms with Gasteiger partial charge in [0.1, 0.15) is 0 Å². The molecule has 2 aromatic rings. The first kappa shape index (κ1) is 24.2. The Hall–Kier alpha value is -3.08. The number of esters is 1. The molecule has 0 bridgehead atoms. The molecule has 0 aliphatic carbocycles. The number of nitrogens with zero attached hydrogens (tertiary/aromatic N) is 1. The number of rotatable bonds is 8. The summed E-state index contributed by atoms with van der Waals surface area (Å²) in [5.74, 6) is -1.39. The minimum Gasteiger partial charge on any atom is -0.469 e. The van der Waals surface area contributed by atoms with E-state index in [4.69, 9.17) is 0 Å². The van der Waals surface area contributed by atoms with Crippen LogP contribution in [-0.2, 0) is 20.5 Å². The van der Waals surface area contributed by atoms with Crippen LogP contribution in [0.25, 0.3) is 0 Å². The smallest absolute Gasteiger partial charge is 0.416 e. The summed E-state index contributed by atoms with van der Waals surface area (Å²) in [7, 11) is 1.22. The fourth-order valence-electron chi connectivity index (χ4n) is 2.64. The number of ether oxygens (including phenoxy) is 1. The van der Waals surface area contributed by atoms with E-state index < -0.39 is 40.3 Å². The van der Waals surface area contributed by atoms with E-state index in [0.29, 0.717) is 11.6 Å². The molecule has 166 valence electrons. The van der Waals surface area contributed by atoms with Crippen LogP contribution in [0.4, 0.5) is 18.9 Å². The van der Waals surface area contributed by atoms with E-state index in [1.807, 2.05) is 19.1 Å². The number of carbonyl (C=O) groups excluding carboxylic acids is 2. The lowest BCUT2D eigenvalue weighted by Crippen LogP contribution is -2.31. The van der Waals surface area contributed by atoms with Crippen LogP contribution in [0.1, 0.15) is 29.2 Å². The van der Waals surface area contributed by atoms with E-state index in [0.717, 1.165) is 29.5 Å². The summed E-state index contributed by atoms with van der Waals surface area (Å²) in [6.07, 6.45) is -4.85. The Labute approximate surface area is 180 Å². The number of alkyl halides is 3. The molecule has 0 saturated carbocycles. The SMILES string of the molecule is COC(=O)CC(NC(=O)CSc1ccc(C(F)(F)F)cc1[N+](=O)[O-])c1ccc(C)cc1. The highest BCUT2D eigenvalue weighted by molar-refractivity contribution is 8.00. The number of nitro groups is 1. The number of benzene rings is 2. The van der Waals surface area contributed by atoms with Crippen molar-refractivity contribution < 1.29 is 32.4 Å². The summed E-state index contributed by atoms with van der Waals surface area (Å²) in [5, 5.41) is 13.8. The Morgan fingerprint density at radius 3 is 2.39 bits per heavy atom. The van der Waals surface area contributed by atoms with Crippen LogP contribution in [0.5, 0.6) is 0 Å². The molecule has 0 aromatic heterocycles. The first-order chi connectivity index (χ1) is 14.5. The van der Waals surface area contributed by atoms with Gasteiger partial charge in [-0.2, -0.15) is 13.2 Å². The number of carbonyl (C=O) groups is 2. The van der Waals surface area contributed by atoms with Gasteiger partial charge in [0.15, 0.2) is 0 Å². The topological polar surface area (TPSA) is 98.5 Å². The zero-order valence-corrected chi connectivity index (χ0v) is 17.4. The molecule has 0 fully saturated rings. The number of halogens is 3. The normalized spacial score (nSPS) is 12.2. The summed E-state index contributed by atoms with van der Waals surface area (Å²) < 4.78 is 43.1. The maximum absolute atomic E-state index is 12.8. The molecular weight excluding hydrogens is 437 g/mol. The van der Waals surface area contributed by atoms with E-state index in [1.165, 1.54) is 7.11 Å². The maximum Gasteiger partial charge on any atom is 0.416 e. The van der Waals surface area contributed by atoms with Crippen LogP contribution in [0, 0.1) is 17.0 Å². The molecule has 1 atom stereocenters. The quantitative estimate of drug-likeness (QED) is 0.273. The first-order valence-electron chi connectivity index (χ1n) is 8.92. The number of hydrogen-bond donors (Lipinski definition) is 1. The van der Waals surface area contributed by atoms with Crippen molar-refractivity contribution in [3.63, 3.8) is 0 Å². The van der Waals surface area contributed by atoms with Crippen molar-refractivity contribution in [2.45, 2.75) is 30.5 Å². The third-order valence-electron chi connectivity index (χ3n) is 4.26. The van der Waals surface area contributed by atoms with Crippen LogP contribution >= 0.6 is 11.8 Å². The molecule has 2 rings (SSSR count). The third kappa shape index (κ3) is 6.99. The Morgan fingerprint density at radius 2 is 1.84 bits per heavy atom. The van der Waals surface area contributed by atoms with E-state index in [-0.39, 0.29) is 17.1 Å². The number of methoxy groups -OCH3 is 1. The van der Waals surface area contributed by atoms with Crippen LogP contribution in [0.15, 0.2) is 47.4 Å². The van der Waals surface area contributed by atoms with Gasteiger partial charge in [0.05, 0.1) is 40.7 Å². The highest BCUT2D eigenvalue weighted by atomic mass is 32.2. The van der Waals surface area contributed by atoms with E-state index >= 15 is 0 Å². The molecular formula is C20H19F3N2O5S. The maximum atomic E-state index is 12.8. The van der Waals surface area contributed by atoms with Crippen molar-refractivity contribution in [2.24, 2.45) is 0 Å². The molecule has 0 saturated heterocycles. The molecule has 1 amide bonds. The first-order valence-corrected chi connectivity index (χ1v) is 9.91. The molecule has 0 aliphatic heterocycles. The molecule has 31 heavy (non-hydrogen) atoms. The zero-order valence-electron chi connectivity index (χ0n) is 16.6. The van der Waals surface area contributed by atoms with Crippen LogP contribution in [-0.4, -0.2) is 29.7 Å². The molecule has 11 heteroatoms.